The summed E-state index contributed by atoms with van der Waals surface area (Å²) in [5.74, 6) is -1.01. The number of aromatic amines is 1. The van der Waals surface area contributed by atoms with Crippen LogP contribution < -0.4 is 5.32 Å². The first-order valence-corrected chi connectivity index (χ1v) is 7.07. The van der Waals surface area contributed by atoms with E-state index in [1.807, 2.05) is 0 Å². The number of hydrogen-bond acceptors (Lipinski definition) is 4. The Morgan fingerprint density at radius 3 is 2.57 bits per heavy atom. The number of carbonyl (C=O) groups excluding carboxylic acids is 3. The van der Waals surface area contributed by atoms with Gasteiger partial charge in [-0.2, -0.15) is 0 Å². The Morgan fingerprint density at radius 1 is 1.33 bits per heavy atom. The van der Waals surface area contributed by atoms with Gasteiger partial charge in [0.05, 0.1) is 7.11 Å². The fraction of sp³-hybridized carbons (Fsp3) is 0.533. The topological polar surface area (TPSA) is 88.3 Å². The largest absolute Gasteiger partial charge is 0.467 e. The standard InChI is InChI=1S/C15H22N2O4/c1-4-5-6-7-12(15(20)21-3)17-14(19)13-8-11(9-16-13)10(2)18/h8-9,12,16H,4-7H2,1-3H3,(H,17,19). The Bertz CT molecular complexity index is 508. The quantitative estimate of drug-likeness (QED) is 0.436. The van der Waals surface area contributed by atoms with Gasteiger partial charge in [0.1, 0.15) is 11.7 Å². The summed E-state index contributed by atoms with van der Waals surface area (Å²) in [4.78, 5) is 37.7. The van der Waals surface area contributed by atoms with E-state index >= 15 is 0 Å². The van der Waals surface area contributed by atoms with Crippen molar-refractivity contribution in [1.82, 2.24) is 10.3 Å². The lowest BCUT2D eigenvalue weighted by Gasteiger charge is -2.15. The highest BCUT2D eigenvalue weighted by atomic mass is 16.5. The molecule has 0 aromatic carbocycles. The van der Waals surface area contributed by atoms with Gasteiger partial charge in [0.25, 0.3) is 5.91 Å². The van der Waals surface area contributed by atoms with Crippen LogP contribution in [0.4, 0.5) is 0 Å². The first-order valence-electron chi connectivity index (χ1n) is 7.07. The van der Waals surface area contributed by atoms with Gasteiger partial charge in [-0.1, -0.05) is 26.2 Å². The van der Waals surface area contributed by atoms with Gasteiger partial charge < -0.3 is 15.0 Å². The van der Waals surface area contributed by atoms with Crippen LogP contribution in [0.2, 0.25) is 0 Å². The number of H-pyrrole nitrogens is 1. The predicted molar refractivity (Wildman–Crippen MR) is 78.2 cm³/mol. The number of aromatic nitrogens is 1. The van der Waals surface area contributed by atoms with Crippen molar-refractivity contribution in [1.29, 1.82) is 0 Å². The minimum atomic E-state index is -0.668. The number of unbranched alkanes of at least 4 members (excludes halogenated alkanes) is 2. The highest BCUT2D eigenvalue weighted by Crippen LogP contribution is 2.08. The molecule has 0 bridgehead atoms. The van der Waals surface area contributed by atoms with Gasteiger partial charge in [-0.25, -0.2) is 4.79 Å². The van der Waals surface area contributed by atoms with Crippen LogP contribution >= 0.6 is 0 Å². The molecule has 1 heterocycles. The van der Waals surface area contributed by atoms with Gasteiger partial charge in [0.2, 0.25) is 0 Å². The second kappa shape index (κ2) is 8.24. The van der Waals surface area contributed by atoms with Crippen LogP contribution in [0, 0.1) is 0 Å². The molecule has 6 heteroatoms. The number of carbonyl (C=O) groups is 3. The highest BCUT2D eigenvalue weighted by Gasteiger charge is 2.22. The Kier molecular flexibility index (Phi) is 6.65. The van der Waals surface area contributed by atoms with Crippen molar-refractivity contribution in [3.8, 4) is 0 Å². The maximum absolute atomic E-state index is 12.1. The number of Topliss-reactive ketones (excluding diaryl/α,β-unsaturated/α-hetero) is 1. The van der Waals surface area contributed by atoms with E-state index in [1.54, 1.807) is 0 Å². The van der Waals surface area contributed by atoms with E-state index in [2.05, 4.69) is 17.2 Å². The summed E-state index contributed by atoms with van der Waals surface area (Å²) >= 11 is 0. The average molecular weight is 294 g/mol. The third-order valence-corrected chi connectivity index (χ3v) is 3.22. The number of rotatable bonds is 8. The third-order valence-electron chi connectivity index (χ3n) is 3.22. The minimum Gasteiger partial charge on any atom is -0.467 e. The first kappa shape index (κ1) is 16.9. The van der Waals surface area contributed by atoms with Crippen molar-refractivity contribution in [3.05, 3.63) is 23.5 Å². The Labute approximate surface area is 124 Å². The van der Waals surface area contributed by atoms with Crippen LogP contribution in [0.1, 0.15) is 60.4 Å². The molecule has 116 valence electrons. The maximum Gasteiger partial charge on any atom is 0.328 e. The lowest BCUT2D eigenvalue weighted by molar-refractivity contribution is -0.143. The van der Waals surface area contributed by atoms with E-state index in [0.717, 1.165) is 19.3 Å². The van der Waals surface area contributed by atoms with Crippen LogP contribution in [-0.4, -0.2) is 35.8 Å². The molecule has 0 spiro atoms. The van der Waals surface area contributed by atoms with Crippen molar-refractivity contribution in [2.75, 3.05) is 7.11 Å². The normalized spacial score (nSPS) is 11.8. The summed E-state index contributed by atoms with van der Waals surface area (Å²) in [6.45, 7) is 3.49. The molecule has 0 aliphatic rings. The van der Waals surface area contributed by atoms with E-state index in [-0.39, 0.29) is 11.5 Å². The Morgan fingerprint density at radius 2 is 2.05 bits per heavy atom. The molecule has 1 atom stereocenters. The van der Waals surface area contributed by atoms with E-state index in [1.165, 1.54) is 26.3 Å². The summed E-state index contributed by atoms with van der Waals surface area (Å²) in [5, 5.41) is 2.64. The third kappa shape index (κ3) is 5.06. The summed E-state index contributed by atoms with van der Waals surface area (Å²) in [7, 11) is 1.30. The number of methoxy groups -OCH3 is 1. The van der Waals surface area contributed by atoms with E-state index < -0.39 is 17.9 Å². The van der Waals surface area contributed by atoms with Crippen LogP contribution in [0.3, 0.4) is 0 Å². The molecule has 0 aliphatic heterocycles. The number of amides is 1. The molecule has 0 fully saturated rings. The monoisotopic (exact) mass is 294 g/mol. The number of hydrogen-bond donors (Lipinski definition) is 2. The van der Waals surface area contributed by atoms with Crippen molar-refractivity contribution in [3.63, 3.8) is 0 Å². The molecule has 6 nitrogen and oxygen atoms in total. The molecule has 0 radical (unpaired) electrons. The summed E-state index contributed by atoms with van der Waals surface area (Å²) in [5.41, 5.74) is 0.686. The fourth-order valence-electron chi connectivity index (χ4n) is 1.95. The molecule has 1 unspecified atom stereocenters. The van der Waals surface area contributed by atoms with Crippen LogP contribution in [0.25, 0.3) is 0 Å². The number of nitrogens with one attached hydrogen (secondary N) is 2. The summed E-state index contributed by atoms with van der Waals surface area (Å²) in [6.07, 6.45) is 4.86. The molecule has 1 aromatic heterocycles. The lowest BCUT2D eigenvalue weighted by Crippen LogP contribution is -2.41. The molecule has 0 aliphatic carbocycles. The molecule has 21 heavy (non-hydrogen) atoms. The molecule has 1 rings (SSSR count). The SMILES string of the molecule is CCCCCC(NC(=O)c1cc(C(C)=O)c[nH]1)C(=O)OC. The van der Waals surface area contributed by atoms with Gasteiger partial charge in [-0.15, -0.1) is 0 Å². The van der Waals surface area contributed by atoms with Crippen LogP contribution in [0.15, 0.2) is 12.3 Å². The second-order valence-corrected chi connectivity index (χ2v) is 4.90. The Hall–Kier alpha value is -2.11. The zero-order chi connectivity index (χ0) is 15.8. The molecule has 0 saturated carbocycles. The van der Waals surface area contributed by atoms with E-state index in [0.29, 0.717) is 12.0 Å². The predicted octanol–water partition coefficient (Wildman–Crippen LogP) is 2.07. The van der Waals surface area contributed by atoms with Gasteiger partial charge in [-0.05, 0) is 19.4 Å². The molecular formula is C15H22N2O4. The molecule has 1 amide bonds. The highest BCUT2D eigenvalue weighted by molar-refractivity contribution is 6.00. The first-order chi connectivity index (χ1) is 9.99. The second-order valence-electron chi connectivity index (χ2n) is 4.90. The smallest absolute Gasteiger partial charge is 0.328 e. The maximum atomic E-state index is 12.1. The van der Waals surface area contributed by atoms with Gasteiger partial charge >= 0.3 is 5.97 Å². The zero-order valence-electron chi connectivity index (χ0n) is 12.7. The van der Waals surface area contributed by atoms with Gasteiger partial charge in [0, 0.05) is 11.8 Å². The lowest BCUT2D eigenvalue weighted by atomic mass is 10.1. The zero-order valence-corrected chi connectivity index (χ0v) is 12.7. The summed E-state index contributed by atoms with van der Waals surface area (Å²) < 4.78 is 4.71. The van der Waals surface area contributed by atoms with Crippen molar-refractivity contribution < 1.29 is 19.1 Å². The van der Waals surface area contributed by atoms with Crippen molar-refractivity contribution >= 4 is 17.7 Å². The average Bonchev–Trinajstić information content (AvgIpc) is 2.95. The van der Waals surface area contributed by atoms with E-state index in [9.17, 15) is 14.4 Å². The van der Waals surface area contributed by atoms with Gasteiger partial charge in [0.15, 0.2) is 5.78 Å². The molecule has 0 saturated heterocycles. The van der Waals surface area contributed by atoms with Crippen LogP contribution in [0.5, 0.6) is 0 Å². The minimum absolute atomic E-state index is 0.127. The molecular weight excluding hydrogens is 272 g/mol. The number of ether oxygens (including phenoxy) is 1. The Balaban J connectivity index is 2.69. The van der Waals surface area contributed by atoms with Crippen LogP contribution in [-0.2, 0) is 9.53 Å². The van der Waals surface area contributed by atoms with E-state index in [4.69, 9.17) is 4.74 Å². The fourth-order valence-corrected chi connectivity index (χ4v) is 1.95. The van der Waals surface area contributed by atoms with Crippen molar-refractivity contribution in [2.45, 2.75) is 45.6 Å². The van der Waals surface area contributed by atoms with Crippen molar-refractivity contribution in [2.24, 2.45) is 0 Å². The summed E-state index contributed by atoms with van der Waals surface area (Å²) in [6, 6.07) is 0.802. The van der Waals surface area contributed by atoms with Gasteiger partial charge in [-0.3, -0.25) is 9.59 Å². The number of ketones is 1. The molecule has 2 N–H and O–H groups in total. The number of esters is 1. The molecule has 1 aromatic rings.